The largest absolute Gasteiger partial charge is 0.366 e. The van der Waals surface area contributed by atoms with Crippen LogP contribution < -0.4 is 15.1 Å². The predicted octanol–water partition coefficient (Wildman–Crippen LogP) is 4.30. The number of nitrogens with one attached hydrogen (secondary N) is 1. The van der Waals surface area contributed by atoms with Gasteiger partial charge in [-0.1, -0.05) is 31.4 Å². The molecule has 2 heterocycles. The third kappa shape index (κ3) is 4.91. The topological polar surface area (TPSA) is 73.0 Å². The SMILES string of the molecule is Cc1cccc(N2CCN(S(=O)(=O)c3ccc4c(c3)CCN4C(=O)NC3CCCCC3)C[C@@H]2C)c1. The molecule has 1 saturated heterocycles. The van der Waals surface area contributed by atoms with Gasteiger partial charge in [-0.2, -0.15) is 4.31 Å². The van der Waals surface area contributed by atoms with E-state index in [1.54, 1.807) is 21.3 Å². The van der Waals surface area contributed by atoms with Crippen molar-refractivity contribution in [1.82, 2.24) is 9.62 Å². The van der Waals surface area contributed by atoms with Crippen molar-refractivity contribution in [1.29, 1.82) is 0 Å². The fourth-order valence-electron chi connectivity index (χ4n) is 5.73. The minimum Gasteiger partial charge on any atom is -0.366 e. The minimum absolute atomic E-state index is 0.0626. The Morgan fingerprint density at radius 3 is 2.54 bits per heavy atom. The minimum atomic E-state index is -3.60. The fraction of sp³-hybridized carbons (Fsp3) is 0.519. The predicted molar refractivity (Wildman–Crippen MR) is 140 cm³/mol. The highest BCUT2D eigenvalue weighted by Crippen LogP contribution is 2.32. The summed E-state index contributed by atoms with van der Waals surface area (Å²) in [5, 5.41) is 3.18. The Bertz CT molecular complexity index is 1190. The number of amides is 2. The molecule has 2 aromatic carbocycles. The van der Waals surface area contributed by atoms with E-state index in [4.69, 9.17) is 0 Å². The average molecular weight is 497 g/mol. The van der Waals surface area contributed by atoms with E-state index in [1.165, 1.54) is 24.8 Å². The maximum Gasteiger partial charge on any atom is 0.322 e. The van der Waals surface area contributed by atoms with Gasteiger partial charge in [-0.05, 0) is 74.6 Å². The second-order valence-corrected chi connectivity index (χ2v) is 12.2. The second-order valence-electron chi connectivity index (χ2n) is 10.2. The number of piperazine rings is 1. The van der Waals surface area contributed by atoms with E-state index in [0.29, 0.717) is 37.5 Å². The number of hydrogen-bond donors (Lipinski definition) is 1. The summed E-state index contributed by atoms with van der Waals surface area (Å²) < 4.78 is 28.7. The molecule has 7 nitrogen and oxygen atoms in total. The van der Waals surface area contributed by atoms with Crippen molar-refractivity contribution in [2.24, 2.45) is 0 Å². The molecule has 0 bridgehead atoms. The first-order valence-electron chi connectivity index (χ1n) is 12.9. The Morgan fingerprint density at radius 1 is 1.00 bits per heavy atom. The van der Waals surface area contributed by atoms with Crippen molar-refractivity contribution in [3.63, 3.8) is 0 Å². The number of hydrogen-bond acceptors (Lipinski definition) is 4. The van der Waals surface area contributed by atoms with Gasteiger partial charge < -0.3 is 10.2 Å². The zero-order chi connectivity index (χ0) is 24.6. The molecule has 0 radical (unpaired) electrons. The number of anilines is 2. The normalized spacial score (nSPS) is 21.7. The number of rotatable bonds is 4. The van der Waals surface area contributed by atoms with E-state index in [2.05, 4.69) is 42.3 Å². The maximum atomic E-state index is 13.5. The summed E-state index contributed by atoms with van der Waals surface area (Å²) in [6.07, 6.45) is 6.34. The number of aryl methyl sites for hydroxylation is 1. The number of carbonyl (C=O) groups is 1. The molecule has 0 unspecified atom stereocenters. The Hall–Kier alpha value is -2.58. The van der Waals surface area contributed by atoms with Crippen molar-refractivity contribution in [2.45, 2.75) is 69.4 Å². The van der Waals surface area contributed by atoms with E-state index in [1.807, 2.05) is 12.1 Å². The molecule has 2 aromatic rings. The van der Waals surface area contributed by atoms with Gasteiger partial charge in [-0.3, -0.25) is 4.90 Å². The number of benzene rings is 2. The zero-order valence-electron chi connectivity index (χ0n) is 20.7. The lowest BCUT2D eigenvalue weighted by molar-refractivity contribution is 0.238. The van der Waals surface area contributed by atoms with Crippen LogP contribution in [0.1, 0.15) is 50.2 Å². The highest BCUT2D eigenvalue weighted by Gasteiger charge is 2.34. The molecule has 35 heavy (non-hydrogen) atoms. The molecule has 1 N–H and O–H groups in total. The van der Waals surface area contributed by atoms with Crippen LogP contribution in [0.2, 0.25) is 0 Å². The first kappa shape index (κ1) is 24.1. The molecular weight excluding hydrogens is 460 g/mol. The molecule has 1 atom stereocenters. The number of urea groups is 1. The van der Waals surface area contributed by atoms with Gasteiger partial charge in [0.25, 0.3) is 0 Å². The molecule has 0 aromatic heterocycles. The van der Waals surface area contributed by atoms with Crippen molar-refractivity contribution in [2.75, 3.05) is 36.0 Å². The molecular formula is C27H36N4O3S. The van der Waals surface area contributed by atoms with Crippen LogP contribution in [0.3, 0.4) is 0 Å². The van der Waals surface area contributed by atoms with Gasteiger partial charge in [0.1, 0.15) is 0 Å². The molecule has 1 saturated carbocycles. The third-order valence-corrected chi connectivity index (χ3v) is 9.55. The smallest absolute Gasteiger partial charge is 0.322 e. The van der Waals surface area contributed by atoms with E-state index in [0.717, 1.165) is 29.8 Å². The molecule has 2 fully saturated rings. The van der Waals surface area contributed by atoms with E-state index in [-0.39, 0.29) is 18.1 Å². The lowest BCUT2D eigenvalue weighted by atomic mass is 9.96. The summed E-state index contributed by atoms with van der Waals surface area (Å²) in [6.45, 7) is 6.30. The summed E-state index contributed by atoms with van der Waals surface area (Å²) in [7, 11) is -3.60. The van der Waals surface area contributed by atoms with Crippen LogP contribution in [-0.4, -0.2) is 57.0 Å². The molecule has 8 heteroatoms. The second kappa shape index (κ2) is 9.82. The molecule has 1 aliphatic carbocycles. The third-order valence-electron chi connectivity index (χ3n) is 7.69. The van der Waals surface area contributed by atoms with Crippen molar-refractivity contribution >= 4 is 27.4 Å². The Labute approximate surface area is 209 Å². The van der Waals surface area contributed by atoms with E-state index < -0.39 is 10.0 Å². The van der Waals surface area contributed by atoms with Crippen molar-refractivity contribution in [3.8, 4) is 0 Å². The van der Waals surface area contributed by atoms with Gasteiger partial charge in [0.05, 0.1) is 4.90 Å². The van der Waals surface area contributed by atoms with Crippen molar-refractivity contribution in [3.05, 3.63) is 53.6 Å². The Balaban J connectivity index is 1.28. The maximum absolute atomic E-state index is 13.5. The monoisotopic (exact) mass is 496 g/mol. The van der Waals surface area contributed by atoms with Crippen molar-refractivity contribution < 1.29 is 13.2 Å². The number of sulfonamides is 1. The standard InChI is InChI=1S/C27H36N4O3S/c1-20-7-6-10-24(17-20)30-16-15-29(19-21(30)2)35(33,34)25-11-12-26-22(18-25)13-14-31(26)27(32)28-23-8-4-3-5-9-23/h6-7,10-12,17-18,21,23H,3-5,8-9,13-16,19H2,1-2H3,(H,28,32)/t21-/m0/s1. The van der Waals surface area contributed by atoms with Crippen LogP contribution in [0.25, 0.3) is 0 Å². The van der Waals surface area contributed by atoms with E-state index >= 15 is 0 Å². The molecule has 188 valence electrons. The molecule has 2 aliphatic heterocycles. The van der Waals surface area contributed by atoms with Crippen LogP contribution in [0, 0.1) is 6.92 Å². The summed E-state index contributed by atoms with van der Waals surface area (Å²) in [5.74, 6) is 0. The van der Waals surface area contributed by atoms with Gasteiger partial charge in [0, 0.05) is 49.6 Å². The quantitative estimate of drug-likeness (QED) is 0.685. The highest BCUT2D eigenvalue weighted by atomic mass is 32.2. The first-order chi connectivity index (χ1) is 16.8. The van der Waals surface area contributed by atoms with Crippen LogP contribution in [0.5, 0.6) is 0 Å². The van der Waals surface area contributed by atoms with Gasteiger partial charge in [0.2, 0.25) is 10.0 Å². The summed E-state index contributed by atoms with van der Waals surface area (Å²) >= 11 is 0. The van der Waals surface area contributed by atoms with Gasteiger partial charge in [-0.25, -0.2) is 13.2 Å². The Morgan fingerprint density at radius 2 is 1.80 bits per heavy atom. The van der Waals surface area contributed by atoms with Crippen LogP contribution in [0.15, 0.2) is 47.4 Å². The summed E-state index contributed by atoms with van der Waals surface area (Å²) in [4.78, 5) is 17.3. The lowest BCUT2D eigenvalue weighted by Gasteiger charge is -2.40. The zero-order valence-corrected chi connectivity index (χ0v) is 21.6. The van der Waals surface area contributed by atoms with Crippen LogP contribution >= 0.6 is 0 Å². The number of nitrogens with zero attached hydrogens (tertiary/aromatic N) is 3. The summed E-state index contributed by atoms with van der Waals surface area (Å²) in [5.41, 5.74) is 4.09. The first-order valence-corrected chi connectivity index (χ1v) is 14.3. The Kier molecular flexibility index (Phi) is 6.77. The number of fused-ring (bicyclic) bond motifs is 1. The molecule has 5 rings (SSSR count). The average Bonchev–Trinajstić information content (AvgIpc) is 3.28. The van der Waals surface area contributed by atoms with Gasteiger partial charge in [0.15, 0.2) is 0 Å². The lowest BCUT2D eigenvalue weighted by Crippen LogP contribution is -2.53. The summed E-state index contributed by atoms with van der Waals surface area (Å²) in [6, 6.07) is 13.9. The molecule has 0 spiro atoms. The fourth-order valence-corrected chi connectivity index (χ4v) is 7.29. The molecule has 2 amide bonds. The van der Waals surface area contributed by atoms with Crippen LogP contribution in [0.4, 0.5) is 16.2 Å². The molecule has 3 aliphatic rings. The number of carbonyl (C=O) groups excluding carboxylic acids is 1. The van der Waals surface area contributed by atoms with Gasteiger partial charge >= 0.3 is 6.03 Å². The van der Waals surface area contributed by atoms with E-state index in [9.17, 15) is 13.2 Å². The highest BCUT2D eigenvalue weighted by molar-refractivity contribution is 7.89. The van der Waals surface area contributed by atoms with Crippen LogP contribution in [-0.2, 0) is 16.4 Å². The van der Waals surface area contributed by atoms with Gasteiger partial charge in [-0.15, -0.1) is 0 Å².